The Morgan fingerprint density at radius 1 is 1.00 bits per heavy atom. The minimum Gasteiger partial charge on any atom is -0.497 e. The molecule has 178 valence electrons. The van der Waals surface area contributed by atoms with Crippen molar-refractivity contribution in [1.82, 2.24) is 14.7 Å². The molecule has 4 rings (SSSR count). The lowest BCUT2D eigenvalue weighted by atomic mass is 9.93. The van der Waals surface area contributed by atoms with E-state index in [9.17, 15) is 9.59 Å². The van der Waals surface area contributed by atoms with E-state index in [1.54, 1.807) is 29.9 Å². The molecule has 1 aromatic carbocycles. The van der Waals surface area contributed by atoms with Crippen molar-refractivity contribution in [2.24, 2.45) is 0 Å². The summed E-state index contributed by atoms with van der Waals surface area (Å²) >= 11 is 0. The van der Waals surface area contributed by atoms with Crippen LogP contribution in [0, 0.1) is 0 Å². The van der Waals surface area contributed by atoms with Crippen LogP contribution in [0.25, 0.3) is 0 Å². The molecule has 0 N–H and O–H groups in total. The fourth-order valence-electron chi connectivity index (χ4n) is 4.92. The van der Waals surface area contributed by atoms with Crippen LogP contribution in [-0.4, -0.2) is 65.8 Å². The number of methoxy groups -OCH3 is 1. The van der Waals surface area contributed by atoms with Gasteiger partial charge in [-0.05, 0) is 42.7 Å². The lowest BCUT2D eigenvalue weighted by molar-refractivity contribution is -0.130. The van der Waals surface area contributed by atoms with Crippen LogP contribution in [0.1, 0.15) is 60.9 Å². The maximum absolute atomic E-state index is 12.9. The third-order valence-electron chi connectivity index (χ3n) is 6.85. The average Bonchev–Trinajstić information content (AvgIpc) is 3.32. The zero-order valence-corrected chi connectivity index (χ0v) is 19.8. The van der Waals surface area contributed by atoms with E-state index in [2.05, 4.69) is 17.0 Å². The Kier molecular flexibility index (Phi) is 7.70. The molecule has 0 spiro atoms. The lowest BCUT2D eigenvalue weighted by Gasteiger charge is -2.34. The number of benzene rings is 1. The Hall–Kier alpha value is -2.80. The predicted octanol–water partition coefficient (Wildman–Crippen LogP) is 3.93. The van der Waals surface area contributed by atoms with Gasteiger partial charge in [0.1, 0.15) is 11.5 Å². The predicted molar refractivity (Wildman–Crippen MR) is 126 cm³/mol. The fourth-order valence-corrected chi connectivity index (χ4v) is 4.92. The van der Waals surface area contributed by atoms with Crippen molar-refractivity contribution in [3.05, 3.63) is 53.5 Å². The van der Waals surface area contributed by atoms with E-state index in [1.807, 2.05) is 18.2 Å². The fraction of sp³-hybridized carbons (Fsp3) is 0.538. The summed E-state index contributed by atoms with van der Waals surface area (Å²) in [6.45, 7) is 5.29. The van der Waals surface area contributed by atoms with Crippen molar-refractivity contribution in [2.75, 3.05) is 33.3 Å². The SMILES string of the molecule is COc1cccc(CN(Cc2ccc(C(=O)N3CCN(C(C)=O)CC3)o2)C2CCCCC2)c1. The Balaban J connectivity index is 1.43. The molecule has 2 amide bonds. The number of carbonyl (C=O) groups excluding carboxylic acids is 2. The molecule has 2 aromatic rings. The number of carbonyl (C=O) groups is 2. The topological polar surface area (TPSA) is 66.2 Å². The summed E-state index contributed by atoms with van der Waals surface area (Å²) in [5.74, 6) is 2.02. The first-order chi connectivity index (χ1) is 16.0. The molecule has 1 saturated heterocycles. The smallest absolute Gasteiger partial charge is 0.289 e. The van der Waals surface area contributed by atoms with Gasteiger partial charge in [0.25, 0.3) is 5.91 Å². The normalized spacial score (nSPS) is 17.4. The van der Waals surface area contributed by atoms with Crippen LogP contribution in [-0.2, 0) is 17.9 Å². The standard InChI is InChI=1S/C26H35N3O4/c1-20(30)27-13-15-28(16-14-27)26(31)25-12-11-24(33-25)19-29(22-8-4-3-5-9-22)18-21-7-6-10-23(17-21)32-2/h6-7,10-12,17,22H,3-5,8-9,13-16,18-19H2,1-2H3. The van der Waals surface area contributed by atoms with Gasteiger partial charge in [-0.3, -0.25) is 14.5 Å². The van der Waals surface area contributed by atoms with Gasteiger partial charge in [-0.25, -0.2) is 0 Å². The second-order valence-corrected chi connectivity index (χ2v) is 9.11. The molecule has 2 heterocycles. The van der Waals surface area contributed by atoms with Crippen LogP contribution < -0.4 is 4.74 Å². The first-order valence-electron chi connectivity index (χ1n) is 12.0. The molecule has 1 saturated carbocycles. The Labute approximate surface area is 196 Å². The van der Waals surface area contributed by atoms with E-state index in [1.165, 1.54) is 37.7 Å². The van der Waals surface area contributed by atoms with Crippen molar-refractivity contribution >= 4 is 11.8 Å². The molecule has 1 aliphatic carbocycles. The monoisotopic (exact) mass is 453 g/mol. The summed E-state index contributed by atoms with van der Waals surface area (Å²) < 4.78 is 11.4. The van der Waals surface area contributed by atoms with Gasteiger partial charge in [0.05, 0.1) is 13.7 Å². The van der Waals surface area contributed by atoms with E-state index in [0.717, 1.165) is 18.1 Å². The van der Waals surface area contributed by atoms with Crippen LogP contribution in [0.3, 0.4) is 0 Å². The van der Waals surface area contributed by atoms with Gasteiger partial charge in [0, 0.05) is 45.7 Å². The minimum absolute atomic E-state index is 0.0567. The number of amides is 2. The Morgan fingerprint density at radius 2 is 1.73 bits per heavy atom. The van der Waals surface area contributed by atoms with Crippen LogP contribution >= 0.6 is 0 Å². The van der Waals surface area contributed by atoms with Crippen molar-refractivity contribution < 1.29 is 18.7 Å². The first kappa shape index (κ1) is 23.4. The molecule has 1 aliphatic heterocycles. The summed E-state index contributed by atoms with van der Waals surface area (Å²) in [6, 6.07) is 12.5. The Morgan fingerprint density at radius 3 is 2.42 bits per heavy atom. The summed E-state index contributed by atoms with van der Waals surface area (Å²) in [7, 11) is 1.69. The molecule has 0 unspecified atom stereocenters. The van der Waals surface area contributed by atoms with Gasteiger partial charge in [-0.2, -0.15) is 0 Å². The van der Waals surface area contributed by atoms with E-state index in [4.69, 9.17) is 9.15 Å². The molecule has 0 radical (unpaired) electrons. The second kappa shape index (κ2) is 10.9. The van der Waals surface area contributed by atoms with Crippen LogP contribution in [0.5, 0.6) is 5.75 Å². The third-order valence-corrected chi connectivity index (χ3v) is 6.85. The highest BCUT2D eigenvalue weighted by Crippen LogP contribution is 2.27. The number of piperazine rings is 1. The van der Waals surface area contributed by atoms with Crippen molar-refractivity contribution in [3.8, 4) is 5.75 Å². The van der Waals surface area contributed by atoms with Gasteiger partial charge in [0.2, 0.25) is 5.91 Å². The maximum atomic E-state index is 12.9. The van der Waals surface area contributed by atoms with Gasteiger partial charge in [0.15, 0.2) is 5.76 Å². The molecule has 2 fully saturated rings. The largest absolute Gasteiger partial charge is 0.497 e. The van der Waals surface area contributed by atoms with Crippen LogP contribution in [0.2, 0.25) is 0 Å². The maximum Gasteiger partial charge on any atom is 0.289 e. The number of rotatable bonds is 7. The van der Waals surface area contributed by atoms with Gasteiger partial charge < -0.3 is 19.0 Å². The van der Waals surface area contributed by atoms with Gasteiger partial charge in [-0.1, -0.05) is 31.4 Å². The van der Waals surface area contributed by atoms with Crippen LogP contribution in [0.4, 0.5) is 0 Å². The van der Waals surface area contributed by atoms with Crippen molar-refractivity contribution in [1.29, 1.82) is 0 Å². The molecule has 2 aliphatic rings. The molecular formula is C26H35N3O4. The Bertz CT molecular complexity index is 943. The zero-order chi connectivity index (χ0) is 23.2. The molecule has 1 aromatic heterocycles. The van der Waals surface area contributed by atoms with Crippen molar-refractivity contribution in [3.63, 3.8) is 0 Å². The molecular weight excluding hydrogens is 418 g/mol. The quantitative estimate of drug-likeness (QED) is 0.636. The van der Waals surface area contributed by atoms with E-state index in [-0.39, 0.29) is 11.8 Å². The second-order valence-electron chi connectivity index (χ2n) is 9.11. The lowest BCUT2D eigenvalue weighted by Crippen LogP contribution is -2.50. The van der Waals surface area contributed by atoms with E-state index in [0.29, 0.717) is 44.5 Å². The number of hydrogen-bond acceptors (Lipinski definition) is 5. The number of furan rings is 1. The molecule has 0 bridgehead atoms. The van der Waals surface area contributed by atoms with Crippen LogP contribution in [0.15, 0.2) is 40.8 Å². The number of hydrogen-bond donors (Lipinski definition) is 0. The highest BCUT2D eigenvalue weighted by atomic mass is 16.5. The summed E-state index contributed by atoms with van der Waals surface area (Å²) in [5, 5.41) is 0. The van der Waals surface area contributed by atoms with E-state index >= 15 is 0 Å². The third kappa shape index (κ3) is 5.96. The highest BCUT2D eigenvalue weighted by Gasteiger charge is 2.27. The first-order valence-corrected chi connectivity index (χ1v) is 12.0. The molecule has 7 nitrogen and oxygen atoms in total. The summed E-state index contributed by atoms with van der Waals surface area (Å²) in [5.41, 5.74) is 1.21. The number of nitrogens with zero attached hydrogens (tertiary/aromatic N) is 3. The van der Waals surface area contributed by atoms with Gasteiger partial charge in [-0.15, -0.1) is 0 Å². The molecule has 7 heteroatoms. The summed E-state index contributed by atoms with van der Waals surface area (Å²) in [6.07, 6.45) is 6.20. The number of ether oxygens (including phenoxy) is 1. The summed E-state index contributed by atoms with van der Waals surface area (Å²) in [4.78, 5) is 30.5. The zero-order valence-electron chi connectivity index (χ0n) is 19.8. The minimum atomic E-state index is -0.0959. The highest BCUT2D eigenvalue weighted by molar-refractivity contribution is 5.91. The van der Waals surface area contributed by atoms with Crippen molar-refractivity contribution in [2.45, 2.75) is 58.2 Å². The van der Waals surface area contributed by atoms with Gasteiger partial charge >= 0.3 is 0 Å². The molecule has 33 heavy (non-hydrogen) atoms. The van der Waals surface area contributed by atoms with E-state index < -0.39 is 0 Å². The molecule has 0 atom stereocenters. The average molecular weight is 454 g/mol.